The molecule has 1 aromatic rings. The molecule has 114 valence electrons. The first-order valence-corrected chi connectivity index (χ1v) is 9.70. The summed E-state index contributed by atoms with van der Waals surface area (Å²) < 4.78 is 27.9. The second-order valence-corrected chi connectivity index (χ2v) is 9.19. The number of nitrogens with one attached hydrogen (secondary N) is 2. The topological polar surface area (TPSA) is 58.2 Å². The summed E-state index contributed by atoms with van der Waals surface area (Å²) in [7, 11) is -1.68. The fourth-order valence-corrected chi connectivity index (χ4v) is 4.02. The number of hydrogen-bond donors (Lipinski definition) is 2. The summed E-state index contributed by atoms with van der Waals surface area (Å²) in [6.45, 7) is 5.03. The van der Waals surface area contributed by atoms with E-state index in [9.17, 15) is 8.42 Å². The Kier molecular flexibility index (Phi) is 6.53. The maximum Gasteiger partial charge on any atom is 0.241 e. The minimum atomic E-state index is -3.51. The molecule has 0 aliphatic heterocycles. The molecule has 20 heavy (non-hydrogen) atoms. The minimum absolute atomic E-state index is 0.137. The monoisotopic (exact) mass is 380 g/mol. The zero-order chi connectivity index (χ0) is 15.4. The Labute approximate surface area is 134 Å². The number of benzene rings is 1. The van der Waals surface area contributed by atoms with Crippen LogP contribution in [0.3, 0.4) is 0 Å². The molecule has 2 N–H and O–H groups in total. The van der Waals surface area contributed by atoms with Crippen molar-refractivity contribution < 1.29 is 8.42 Å². The molecule has 0 unspecified atom stereocenters. The Hall–Kier alpha value is -0.0800. The molecule has 0 bridgehead atoms. The standard InChI is InChI=1S/C13H21BrN2O2S2/c1-13(2,19-4)9-16-20(17,18)12-7-10(8-15-3)5-6-11(12)14/h5-7,15-16H,8-9H2,1-4H3. The van der Waals surface area contributed by atoms with E-state index in [2.05, 4.69) is 26.0 Å². The predicted molar refractivity (Wildman–Crippen MR) is 89.7 cm³/mol. The van der Waals surface area contributed by atoms with Crippen molar-refractivity contribution in [3.8, 4) is 0 Å². The van der Waals surface area contributed by atoms with E-state index in [-0.39, 0.29) is 9.64 Å². The number of rotatable bonds is 7. The lowest BCUT2D eigenvalue weighted by Gasteiger charge is -2.22. The van der Waals surface area contributed by atoms with Crippen LogP contribution in [-0.4, -0.2) is 33.0 Å². The maximum atomic E-state index is 12.4. The van der Waals surface area contributed by atoms with E-state index >= 15 is 0 Å². The van der Waals surface area contributed by atoms with Crippen molar-refractivity contribution in [3.05, 3.63) is 28.2 Å². The van der Waals surface area contributed by atoms with Crippen molar-refractivity contribution in [2.75, 3.05) is 19.8 Å². The fourth-order valence-electron chi connectivity index (χ4n) is 1.49. The largest absolute Gasteiger partial charge is 0.316 e. The highest BCUT2D eigenvalue weighted by Crippen LogP contribution is 2.25. The number of thioether (sulfide) groups is 1. The van der Waals surface area contributed by atoms with Gasteiger partial charge in [0.15, 0.2) is 0 Å². The van der Waals surface area contributed by atoms with Gasteiger partial charge in [-0.3, -0.25) is 0 Å². The molecule has 0 aliphatic rings. The Morgan fingerprint density at radius 3 is 2.55 bits per heavy atom. The minimum Gasteiger partial charge on any atom is -0.316 e. The van der Waals surface area contributed by atoms with E-state index in [1.54, 1.807) is 23.9 Å². The van der Waals surface area contributed by atoms with Crippen LogP contribution in [0.25, 0.3) is 0 Å². The molecule has 7 heteroatoms. The molecule has 0 heterocycles. The second kappa shape index (κ2) is 7.26. The third kappa shape index (κ3) is 5.04. The summed E-state index contributed by atoms with van der Waals surface area (Å²) >= 11 is 4.94. The Morgan fingerprint density at radius 2 is 2.00 bits per heavy atom. The Bertz CT molecular complexity index is 559. The van der Waals surface area contributed by atoms with Gasteiger partial charge in [-0.25, -0.2) is 13.1 Å². The molecule has 1 aromatic carbocycles. The van der Waals surface area contributed by atoms with Crippen molar-refractivity contribution in [1.82, 2.24) is 10.0 Å². The van der Waals surface area contributed by atoms with Crippen molar-refractivity contribution in [1.29, 1.82) is 0 Å². The van der Waals surface area contributed by atoms with Gasteiger partial charge in [-0.2, -0.15) is 11.8 Å². The van der Waals surface area contributed by atoms with Crippen LogP contribution in [0.4, 0.5) is 0 Å². The molecule has 0 spiro atoms. The van der Waals surface area contributed by atoms with Gasteiger partial charge >= 0.3 is 0 Å². The molecule has 0 aliphatic carbocycles. The molecule has 1 rings (SSSR count). The zero-order valence-electron chi connectivity index (χ0n) is 12.2. The van der Waals surface area contributed by atoms with Crippen molar-refractivity contribution in [2.45, 2.75) is 30.0 Å². The molecule has 0 saturated heterocycles. The van der Waals surface area contributed by atoms with E-state index in [4.69, 9.17) is 0 Å². The first-order valence-electron chi connectivity index (χ1n) is 6.20. The van der Waals surface area contributed by atoms with E-state index in [1.165, 1.54) is 0 Å². The number of hydrogen-bond acceptors (Lipinski definition) is 4. The van der Waals surface area contributed by atoms with Crippen LogP contribution in [0.5, 0.6) is 0 Å². The van der Waals surface area contributed by atoms with Gasteiger partial charge in [0.2, 0.25) is 10.0 Å². The fraction of sp³-hybridized carbons (Fsp3) is 0.538. The van der Waals surface area contributed by atoms with E-state index in [0.29, 0.717) is 17.6 Å². The lowest BCUT2D eigenvalue weighted by Crippen LogP contribution is -2.36. The van der Waals surface area contributed by atoms with Crippen molar-refractivity contribution in [3.63, 3.8) is 0 Å². The smallest absolute Gasteiger partial charge is 0.241 e. The van der Waals surface area contributed by atoms with Crippen LogP contribution in [0, 0.1) is 0 Å². The van der Waals surface area contributed by atoms with Gasteiger partial charge in [-0.1, -0.05) is 6.07 Å². The van der Waals surface area contributed by atoms with E-state index < -0.39 is 10.0 Å². The summed E-state index contributed by atoms with van der Waals surface area (Å²) in [5, 5.41) is 3.01. The first-order chi connectivity index (χ1) is 9.22. The summed E-state index contributed by atoms with van der Waals surface area (Å²) in [5.74, 6) is 0. The highest BCUT2D eigenvalue weighted by atomic mass is 79.9. The van der Waals surface area contributed by atoms with Gasteiger partial charge in [0.05, 0.1) is 4.90 Å². The van der Waals surface area contributed by atoms with Crippen LogP contribution in [0.2, 0.25) is 0 Å². The molecular weight excluding hydrogens is 360 g/mol. The SMILES string of the molecule is CNCc1ccc(Br)c(S(=O)(=O)NCC(C)(C)SC)c1. The van der Waals surface area contributed by atoms with Crippen LogP contribution in [0.15, 0.2) is 27.6 Å². The van der Waals surface area contributed by atoms with Gasteiger partial charge in [0.25, 0.3) is 0 Å². The molecule has 4 nitrogen and oxygen atoms in total. The molecular formula is C13H21BrN2O2S2. The van der Waals surface area contributed by atoms with Crippen LogP contribution < -0.4 is 10.0 Å². The van der Waals surface area contributed by atoms with E-state index in [1.807, 2.05) is 33.2 Å². The average molecular weight is 381 g/mol. The summed E-state index contributed by atoms with van der Waals surface area (Å²) in [6.07, 6.45) is 1.97. The van der Waals surface area contributed by atoms with Gasteiger partial charge in [0, 0.05) is 22.3 Å². The van der Waals surface area contributed by atoms with Crippen LogP contribution in [0.1, 0.15) is 19.4 Å². The van der Waals surface area contributed by atoms with Gasteiger partial charge in [-0.15, -0.1) is 0 Å². The molecule has 0 atom stereocenters. The number of halogens is 1. The summed E-state index contributed by atoms with van der Waals surface area (Å²) in [5.41, 5.74) is 0.931. The molecule has 0 radical (unpaired) electrons. The first kappa shape index (κ1) is 18.0. The lowest BCUT2D eigenvalue weighted by molar-refractivity contribution is 0.570. The normalized spacial score (nSPS) is 12.7. The molecule has 0 saturated carbocycles. The highest BCUT2D eigenvalue weighted by Gasteiger charge is 2.23. The van der Waals surface area contributed by atoms with Crippen LogP contribution >= 0.6 is 27.7 Å². The molecule has 0 fully saturated rings. The highest BCUT2D eigenvalue weighted by molar-refractivity contribution is 9.10. The third-order valence-corrected chi connectivity index (χ3v) is 6.55. The third-order valence-electron chi connectivity index (χ3n) is 2.91. The van der Waals surface area contributed by atoms with E-state index in [0.717, 1.165) is 5.56 Å². The van der Waals surface area contributed by atoms with Gasteiger partial charge in [-0.05, 0) is 60.8 Å². The van der Waals surface area contributed by atoms with Crippen molar-refractivity contribution in [2.24, 2.45) is 0 Å². The number of sulfonamides is 1. The Morgan fingerprint density at radius 1 is 1.35 bits per heavy atom. The second-order valence-electron chi connectivity index (χ2n) is 5.08. The molecule has 0 amide bonds. The van der Waals surface area contributed by atoms with Gasteiger partial charge in [0.1, 0.15) is 0 Å². The maximum absolute atomic E-state index is 12.4. The zero-order valence-corrected chi connectivity index (χ0v) is 15.4. The lowest BCUT2D eigenvalue weighted by atomic mass is 10.2. The Balaban J connectivity index is 3.00. The quantitative estimate of drug-likeness (QED) is 0.762. The van der Waals surface area contributed by atoms with Crippen molar-refractivity contribution >= 4 is 37.7 Å². The summed E-state index contributed by atoms with van der Waals surface area (Å²) in [6, 6.07) is 5.35. The summed E-state index contributed by atoms with van der Waals surface area (Å²) in [4.78, 5) is 0.280. The predicted octanol–water partition coefficient (Wildman–Crippen LogP) is 2.59. The average Bonchev–Trinajstić information content (AvgIpc) is 2.39. The van der Waals surface area contributed by atoms with Crippen LogP contribution in [-0.2, 0) is 16.6 Å². The van der Waals surface area contributed by atoms with Gasteiger partial charge < -0.3 is 5.32 Å². The molecule has 0 aromatic heterocycles.